The second-order valence-corrected chi connectivity index (χ2v) is 8.62. The first kappa shape index (κ1) is 19.1. The van der Waals surface area contributed by atoms with E-state index in [-0.39, 0.29) is 11.9 Å². The fraction of sp³-hybridized carbons (Fsp3) is 0.389. The Hall–Kier alpha value is -1.21. The molecule has 1 heterocycles. The van der Waals surface area contributed by atoms with Crippen molar-refractivity contribution in [1.82, 2.24) is 15.1 Å². The van der Waals surface area contributed by atoms with E-state index >= 15 is 0 Å². The van der Waals surface area contributed by atoms with Crippen LogP contribution >= 0.6 is 27.3 Å². The van der Waals surface area contributed by atoms with Crippen LogP contribution in [0.5, 0.6) is 0 Å². The number of amides is 1. The largest absolute Gasteiger partial charge is 0.353 e. The van der Waals surface area contributed by atoms with Crippen LogP contribution < -0.4 is 5.32 Å². The second-order valence-electron chi connectivity index (χ2n) is 6.07. The number of nitrogens with one attached hydrogen (secondary N) is 1. The van der Waals surface area contributed by atoms with Crippen LogP contribution in [0.1, 0.15) is 16.5 Å². The summed E-state index contributed by atoms with van der Waals surface area (Å²) in [6.07, 6.45) is 0. The molecular weight excluding hydrogens is 386 g/mol. The van der Waals surface area contributed by atoms with Crippen molar-refractivity contribution < 1.29 is 4.79 Å². The first-order chi connectivity index (χ1) is 11.5. The Morgan fingerprint density at radius 3 is 2.46 bits per heavy atom. The molecule has 0 aliphatic rings. The minimum absolute atomic E-state index is 0.0518. The van der Waals surface area contributed by atoms with Gasteiger partial charge in [0.15, 0.2) is 0 Å². The fourth-order valence-corrected chi connectivity index (χ4v) is 4.11. The highest BCUT2D eigenvalue weighted by molar-refractivity contribution is 9.11. The number of benzene rings is 1. The van der Waals surface area contributed by atoms with Gasteiger partial charge >= 0.3 is 0 Å². The summed E-state index contributed by atoms with van der Waals surface area (Å²) in [5, 5.41) is 3.06. The lowest BCUT2D eigenvalue weighted by molar-refractivity contribution is -0.122. The van der Waals surface area contributed by atoms with E-state index in [4.69, 9.17) is 0 Å². The van der Waals surface area contributed by atoms with E-state index in [1.54, 1.807) is 11.3 Å². The van der Waals surface area contributed by atoms with E-state index < -0.39 is 0 Å². The molecule has 0 bridgehead atoms. The van der Waals surface area contributed by atoms with Gasteiger partial charge in [-0.3, -0.25) is 9.69 Å². The first-order valence-electron chi connectivity index (χ1n) is 7.86. The Morgan fingerprint density at radius 1 is 1.17 bits per heavy atom. The van der Waals surface area contributed by atoms with Crippen LogP contribution in [-0.4, -0.2) is 49.9 Å². The molecule has 1 unspecified atom stereocenters. The van der Waals surface area contributed by atoms with Crippen LogP contribution in [0.25, 0.3) is 0 Å². The molecule has 1 amide bonds. The lowest BCUT2D eigenvalue weighted by atomic mass is 10.1. The van der Waals surface area contributed by atoms with E-state index in [1.807, 2.05) is 50.3 Å². The highest BCUT2D eigenvalue weighted by Gasteiger charge is 2.15. The molecule has 0 aliphatic heterocycles. The number of hydrogen-bond acceptors (Lipinski definition) is 4. The zero-order valence-electron chi connectivity index (χ0n) is 14.3. The van der Waals surface area contributed by atoms with Gasteiger partial charge in [-0.15, -0.1) is 11.3 Å². The molecule has 0 saturated carbocycles. The average Bonchev–Trinajstić information content (AvgIpc) is 2.93. The molecule has 2 rings (SSSR count). The van der Waals surface area contributed by atoms with E-state index in [0.717, 1.165) is 10.3 Å². The molecule has 0 aliphatic carbocycles. The Kier molecular flexibility index (Phi) is 7.42. The van der Waals surface area contributed by atoms with Crippen LogP contribution in [0.15, 0.2) is 46.3 Å². The Morgan fingerprint density at radius 2 is 1.88 bits per heavy atom. The zero-order chi connectivity index (χ0) is 17.5. The lowest BCUT2D eigenvalue weighted by Gasteiger charge is -2.25. The van der Waals surface area contributed by atoms with Gasteiger partial charge in [0.05, 0.1) is 16.4 Å². The molecule has 1 aromatic carbocycles. The van der Waals surface area contributed by atoms with Gasteiger partial charge in [-0.05, 0) is 54.8 Å². The molecule has 0 radical (unpaired) electrons. The quantitative estimate of drug-likeness (QED) is 0.725. The van der Waals surface area contributed by atoms with Crippen molar-refractivity contribution in [3.63, 3.8) is 0 Å². The highest BCUT2D eigenvalue weighted by Crippen LogP contribution is 2.22. The van der Waals surface area contributed by atoms with Crippen LogP contribution in [0, 0.1) is 0 Å². The average molecular weight is 410 g/mol. The molecule has 0 saturated heterocycles. The van der Waals surface area contributed by atoms with Crippen molar-refractivity contribution in [1.29, 1.82) is 0 Å². The third-order valence-corrected chi connectivity index (χ3v) is 5.38. The van der Waals surface area contributed by atoms with Gasteiger partial charge in [-0.1, -0.05) is 30.3 Å². The van der Waals surface area contributed by atoms with Gasteiger partial charge in [0.25, 0.3) is 0 Å². The summed E-state index contributed by atoms with van der Waals surface area (Å²) >= 11 is 5.16. The second kappa shape index (κ2) is 9.32. The molecule has 1 N–H and O–H groups in total. The summed E-state index contributed by atoms with van der Waals surface area (Å²) in [5.74, 6) is 0.0518. The number of nitrogens with zero attached hydrogens (tertiary/aromatic N) is 2. The van der Waals surface area contributed by atoms with E-state index in [0.29, 0.717) is 13.1 Å². The number of thiophene rings is 1. The Labute approximate surface area is 156 Å². The van der Waals surface area contributed by atoms with E-state index in [1.165, 1.54) is 10.4 Å². The van der Waals surface area contributed by atoms with Gasteiger partial charge in [0, 0.05) is 18.0 Å². The maximum Gasteiger partial charge on any atom is 0.234 e. The monoisotopic (exact) mass is 409 g/mol. The van der Waals surface area contributed by atoms with Gasteiger partial charge < -0.3 is 10.2 Å². The van der Waals surface area contributed by atoms with Crippen molar-refractivity contribution in [2.75, 3.05) is 34.2 Å². The molecule has 24 heavy (non-hydrogen) atoms. The molecular formula is C18H24BrN3OS. The van der Waals surface area contributed by atoms with Crippen molar-refractivity contribution in [2.24, 2.45) is 0 Å². The molecule has 1 aromatic heterocycles. The van der Waals surface area contributed by atoms with Gasteiger partial charge in [-0.2, -0.15) is 0 Å². The van der Waals surface area contributed by atoms with Gasteiger partial charge in [0.2, 0.25) is 5.91 Å². The van der Waals surface area contributed by atoms with Crippen molar-refractivity contribution >= 4 is 33.2 Å². The van der Waals surface area contributed by atoms with Crippen LogP contribution in [0.4, 0.5) is 0 Å². The minimum atomic E-state index is 0.0518. The van der Waals surface area contributed by atoms with Crippen LogP contribution in [-0.2, 0) is 11.3 Å². The predicted octanol–water partition coefficient (Wildman–Crippen LogP) is 3.36. The molecule has 6 heteroatoms. The summed E-state index contributed by atoms with van der Waals surface area (Å²) in [5.41, 5.74) is 1.21. The van der Waals surface area contributed by atoms with Gasteiger partial charge in [0.1, 0.15) is 0 Å². The Bertz CT molecular complexity index is 645. The minimum Gasteiger partial charge on any atom is -0.353 e. The van der Waals surface area contributed by atoms with Crippen LogP contribution in [0.2, 0.25) is 0 Å². The number of carbonyl (C=O) groups is 1. The van der Waals surface area contributed by atoms with Crippen LogP contribution in [0.3, 0.4) is 0 Å². The molecule has 4 nitrogen and oxygen atoms in total. The molecule has 2 aromatic rings. The van der Waals surface area contributed by atoms with E-state index in [2.05, 4.69) is 44.3 Å². The predicted molar refractivity (Wildman–Crippen MR) is 104 cm³/mol. The summed E-state index contributed by atoms with van der Waals surface area (Å²) in [4.78, 5) is 17.6. The molecule has 0 spiro atoms. The molecule has 0 fully saturated rings. The number of carbonyl (C=O) groups excluding carboxylic acids is 1. The van der Waals surface area contributed by atoms with Crippen molar-refractivity contribution in [3.05, 3.63) is 56.7 Å². The maximum atomic E-state index is 12.2. The summed E-state index contributed by atoms with van der Waals surface area (Å²) in [6, 6.07) is 14.5. The summed E-state index contributed by atoms with van der Waals surface area (Å²) in [7, 11) is 6.03. The molecule has 1 atom stereocenters. The zero-order valence-corrected chi connectivity index (χ0v) is 16.7. The third-order valence-electron chi connectivity index (χ3n) is 3.77. The SMILES string of the molecule is CN(CC(=O)NCC(c1ccccc1)N(C)C)Cc1ccc(Br)s1. The standard InChI is InChI=1S/C18H24BrN3OS/c1-21(2)16(14-7-5-4-6-8-14)11-20-18(23)13-22(3)12-15-9-10-17(19)24-15/h4-10,16H,11-13H2,1-3H3,(H,20,23). The summed E-state index contributed by atoms with van der Waals surface area (Å²) in [6.45, 7) is 1.78. The maximum absolute atomic E-state index is 12.2. The topological polar surface area (TPSA) is 35.6 Å². The van der Waals surface area contributed by atoms with Crippen molar-refractivity contribution in [3.8, 4) is 0 Å². The highest BCUT2D eigenvalue weighted by atomic mass is 79.9. The molecule has 130 valence electrons. The van der Waals surface area contributed by atoms with Gasteiger partial charge in [-0.25, -0.2) is 0 Å². The number of rotatable bonds is 8. The third kappa shape index (κ3) is 6.02. The smallest absolute Gasteiger partial charge is 0.234 e. The van der Waals surface area contributed by atoms with Crippen molar-refractivity contribution in [2.45, 2.75) is 12.6 Å². The fourth-order valence-electron chi connectivity index (χ4n) is 2.54. The summed E-state index contributed by atoms with van der Waals surface area (Å²) < 4.78 is 1.12. The number of likely N-dealkylation sites (N-methyl/N-ethyl adjacent to an activating group) is 2. The van der Waals surface area contributed by atoms with E-state index in [9.17, 15) is 4.79 Å². The first-order valence-corrected chi connectivity index (χ1v) is 9.47. The Balaban J connectivity index is 1.82. The number of hydrogen-bond donors (Lipinski definition) is 1. The normalized spacial score (nSPS) is 12.6. The lowest BCUT2D eigenvalue weighted by Crippen LogP contribution is -2.39. The number of halogens is 1.